The van der Waals surface area contributed by atoms with Crippen molar-refractivity contribution < 1.29 is 4.74 Å². The summed E-state index contributed by atoms with van der Waals surface area (Å²) in [5, 5.41) is 4.20. The molecule has 1 aliphatic rings. The molecule has 0 saturated heterocycles. The first-order chi connectivity index (χ1) is 9.13. The number of ether oxygens (including phenoxy) is 1. The first-order valence-electron chi connectivity index (χ1n) is 6.12. The maximum atomic E-state index is 6.10. The first-order valence-corrected chi connectivity index (χ1v) is 7.29. The van der Waals surface area contributed by atoms with Crippen LogP contribution in [0.3, 0.4) is 0 Å². The highest BCUT2D eigenvalue weighted by Gasteiger charge is 2.27. The van der Waals surface area contributed by atoms with Gasteiger partial charge in [-0.2, -0.15) is 0 Å². The van der Waals surface area contributed by atoms with Gasteiger partial charge < -0.3 is 10.1 Å². The molecule has 1 aliphatic heterocycles. The van der Waals surface area contributed by atoms with Gasteiger partial charge in [-0.05, 0) is 42.8 Å². The van der Waals surface area contributed by atoms with Crippen molar-refractivity contribution in [3.63, 3.8) is 0 Å². The second kappa shape index (κ2) is 5.06. The number of anilines is 1. The SMILES string of the molecule is CC1Nc2cc(Br)ccc2OC1c1cccc(Cl)c1. The van der Waals surface area contributed by atoms with Crippen LogP contribution in [0.4, 0.5) is 5.69 Å². The fraction of sp³-hybridized carbons (Fsp3) is 0.200. The van der Waals surface area contributed by atoms with Crippen molar-refractivity contribution in [2.75, 3.05) is 5.32 Å². The molecule has 0 aromatic heterocycles. The number of benzene rings is 2. The zero-order chi connectivity index (χ0) is 13.4. The maximum Gasteiger partial charge on any atom is 0.144 e. The van der Waals surface area contributed by atoms with E-state index in [2.05, 4.69) is 28.2 Å². The lowest BCUT2D eigenvalue weighted by molar-refractivity contribution is 0.177. The van der Waals surface area contributed by atoms with Crippen LogP contribution in [0.2, 0.25) is 5.02 Å². The average Bonchev–Trinajstić information content (AvgIpc) is 2.37. The summed E-state index contributed by atoms with van der Waals surface area (Å²) in [5.74, 6) is 0.867. The fourth-order valence-electron chi connectivity index (χ4n) is 2.32. The Morgan fingerprint density at radius 3 is 2.84 bits per heavy atom. The van der Waals surface area contributed by atoms with Crippen LogP contribution in [0.5, 0.6) is 5.75 Å². The fourth-order valence-corrected chi connectivity index (χ4v) is 2.88. The third kappa shape index (κ3) is 2.58. The summed E-state index contributed by atoms with van der Waals surface area (Å²) in [6.07, 6.45) is -0.0348. The minimum atomic E-state index is -0.0348. The van der Waals surface area contributed by atoms with Gasteiger partial charge in [0.25, 0.3) is 0 Å². The Morgan fingerprint density at radius 1 is 1.21 bits per heavy atom. The predicted molar refractivity (Wildman–Crippen MR) is 82.0 cm³/mol. The van der Waals surface area contributed by atoms with Gasteiger partial charge in [-0.15, -0.1) is 0 Å². The molecule has 2 aromatic carbocycles. The number of halogens is 2. The van der Waals surface area contributed by atoms with Gasteiger partial charge in [-0.1, -0.05) is 39.7 Å². The second-order valence-electron chi connectivity index (χ2n) is 4.67. The number of hydrogen-bond donors (Lipinski definition) is 1. The standard InChI is InChI=1S/C15H13BrClNO/c1-9-15(10-3-2-4-12(17)7-10)19-14-6-5-11(16)8-13(14)18-9/h2-9,15,18H,1H3. The van der Waals surface area contributed by atoms with E-state index in [1.165, 1.54) is 0 Å². The van der Waals surface area contributed by atoms with Crippen LogP contribution >= 0.6 is 27.5 Å². The van der Waals surface area contributed by atoms with Crippen molar-refractivity contribution in [1.29, 1.82) is 0 Å². The molecule has 1 heterocycles. The summed E-state index contributed by atoms with van der Waals surface area (Å²) >= 11 is 9.52. The Bertz CT molecular complexity index is 617. The van der Waals surface area contributed by atoms with Crippen LogP contribution < -0.4 is 10.1 Å². The van der Waals surface area contributed by atoms with Crippen molar-refractivity contribution in [3.05, 3.63) is 57.5 Å². The molecule has 0 amide bonds. The van der Waals surface area contributed by atoms with Gasteiger partial charge in [0.15, 0.2) is 0 Å². The summed E-state index contributed by atoms with van der Waals surface area (Å²) in [5.41, 5.74) is 2.10. The van der Waals surface area contributed by atoms with E-state index in [1.54, 1.807) is 0 Å². The third-order valence-electron chi connectivity index (χ3n) is 3.21. The number of rotatable bonds is 1. The largest absolute Gasteiger partial charge is 0.481 e. The van der Waals surface area contributed by atoms with E-state index in [9.17, 15) is 0 Å². The highest BCUT2D eigenvalue weighted by Crippen LogP contribution is 2.39. The molecule has 3 rings (SSSR count). The molecule has 2 aromatic rings. The Morgan fingerprint density at radius 2 is 2.05 bits per heavy atom. The molecule has 0 aliphatic carbocycles. The zero-order valence-corrected chi connectivity index (χ0v) is 12.7. The van der Waals surface area contributed by atoms with Crippen LogP contribution in [0.15, 0.2) is 46.9 Å². The van der Waals surface area contributed by atoms with E-state index in [1.807, 2.05) is 42.5 Å². The molecule has 0 fully saturated rings. The van der Waals surface area contributed by atoms with E-state index in [0.29, 0.717) is 0 Å². The molecule has 98 valence electrons. The Labute approximate surface area is 125 Å². The number of nitrogens with one attached hydrogen (secondary N) is 1. The molecule has 19 heavy (non-hydrogen) atoms. The molecular weight excluding hydrogens is 326 g/mol. The molecule has 2 atom stereocenters. The van der Waals surface area contributed by atoms with E-state index < -0.39 is 0 Å². The predicted octanol–water partition coefficient (Wildman–Crippen LogP) is 5.04. The lowest BCUT2D eigenvalue weighted by atomic mass is 10.0. The Hall–Kier alpha value is -1.19. The molecule has 2 nitrogen and oxygen atoms in total. The van der Waals surface area contributed by atoms with Crippen molar-refractivity contribution >= 4 is 33.2 Å². The molecule has 1 N–H and O–H groups in total. The lowest BCUT2D eigenvalue weighted by Crippen LogP contribution is -2.32. The summed E-state index contributed by atoms with van der Waals surface area (Å²) in [7, 11) is 0. The van der Waals surface area contributed by atoms with Crippen LogP contribution in [-0.2, 0) is 0 Å². The normalized spacial score (nSPS) is 21.2. The van der Waals surface area contributed by atoms with Crippen molar-refractivity contribution in [2.45, 2.75) is 19.1 Å². The number of fused-ring (bicyclic) bond motifs is 1. The van der Waals surface area contributed by atoms with Crippen molar-refractivity contribution in [1.82, 2.24) is 0 Å². The molecule has 0 radical (unpaired) electrons. The van der Waals surface area contributed by atoms with Crippen LogP contribution in [0.25, 0.3) is 0 Å². The Balaban J connectivity index is 1.95. The van der Waals surface area contributed by atoms with E-state index >= 15 is 0 Å². The summed E-state index contributed by atoms with van der Waals surface area (Å²) in [6.45, 7) is 2.11. The van der Waals surface area contributed by atoms with Gasteiger partial charge in [0.2, 0.25) is 0 Å². The van der Waals surface area contributed by atoms with Gasteiger partial charge in [0, 0.05) is 9.50 Å². The monoisotopic (exact) mass is 337 g/mol. The number of hydrogen-bond acceptors (Lipinski definition) is 2. The van der Waals surface area contributed by atoms with Crippen molar-refractivity contribution in [3.8, 4) is 5.75 Å². The Kier molecular flexibility index (Phi) is 3.42. The molecule has 0 bridgehead atoms. The van der Waals surface area contributed by atoms with Gasteiger partial charge in [0.1, 0.15) is 11.9 Å². The van der Waals surface area contributed by atoms with E-state index in [-0.39, 0.29) is 12.1 Å². The van der Waals surface area contributed by atoms with Gasteiger partial charge in [-0.25, -0.2) is 0 Å². The van der Waals surface area contributed by atoms with Crippen LogP contribution in [-0.4, -0.2) is 6.04 Å². The topological polar surface area (TPSA) is 21.3 Å². The van der Waals surface area contributed by atoms with E-state index in [4.69, 9.17) is 16.3 Å². The third-order valence-corrected chi connectivity index (χ3v) is 3.94. The summed E-state index contributed by atoms with van der Waals surface area (Å²) in [4.78, 5) is 0. The summed E-state index contributed by atoms with van der Waals surface area (Å²) in [6, 6.07) is 14.0. The minimum absolute atomic E-state index is 0.0348. The highest BCUT2D eigenvalue weighted by atomic mass is 79.9. The molecular formula is C15H13BrClNO. The minimum Gasteiger partial charge on any atom is -0.481 e. The van der Waals surface area contributed by atoms with Gasteiger partial charge in [0.05, 0.1) is 11.7 Å². The maximum absolute atomic E-state index is 6.10. The van der Waals surface area contributed by atoms with Crippen LogP contribution in [0.1, 0.15) is 18.6 Å². The molecule has 2 unspecified atom stereocenters. The molecule has 0 spiro atoms. The highest BCUT2D eigenvalue weighted by molar-refractivity contribution is 9.10. The average molecular weight is 339 g/mol. The smallest absolute Gasteiger partial charge is 0.144 e. The molecule has 0 saturated carbocycles. The lowest BCUT2D eigenvalue weighted by Gasteiger charge is -2.33. The summed E-state index contributed by atoms with van der Waals surface area (Å²) < 4.78 is 7.14. The van der Waals surface area contributed by atoms with E-state index in [0.717, 1.165) is 26.5 Å². The quantitative estimate of drug-likeness (QED) is 0.787. The van der Waals surface area contributed by atoms with Crippen LogP contribution in [0, 0.1) is 0 Å². The van der Waals surface area contributed by atoms with Gasteiger partial charge in [-0.3, -0.25) is 0 Å². The molecule has 4 heteroatoms. The zero-order valence-electron chi connectivity index (χ0n) is 10.4. The first kappa shape index (κ1) is 12.8. The van der Waals surface area contributed by atoms with Crippen molar-refractivity contribution in [2.24, 2.45) is 0 Å². The van der Waals surface area contributed by atoms with Gasteiger partial charge >= 0.3 is 0 Å². The second-order valence-corrected chi connectivity index (χ2v) is 6.02.